The van der Waals surface area contributed by atoms with Gasteiger partial charge in [0.2, 0.25) is 0 Å². The molecule has 5 heteroatoms. The van der Waals surface area contributed by atoms with Crippen molar-refractivity contribution in [3.05, 3.63) is 49.2 Å². The van der Waals surface area contributed by atoms with Crippen LogP contribution in [0.3, 0.4) is 0 Å². The maximum absolute atomic E-state index is 13.3. The maximum Gasteiger partial charge on any atom is 0.264 e. The number of nitrogens with zero attached hydrogens (tertiary/aromatic N) is 1. The Kier molecular flexibility index (Phi) is 4.03. The number of H-pyrrole nitrogens is 1. The highest BCUT2D eigenvalue weighted by Gasteiger charge is 2.13. The lowest BCUT2D eigenvalue weighted by molar-refractivity contribution is 0.618. The lowest BCUT2D eigenvalue weighted by Crippen LogP contribution is -2.17. The number of aromatic nitrogens is 2. The van der Waals surface area contributed by atoms with E-state index in [0.717, 1.165) is 5.69 Å². The molecule has 1 aromatic carbocycles. The summed E-state index contributed by atoms with van der Waals surface area (Å²) in [5.74, 6) is 0.382. The van der Waals surface area contributed by atoms with Crippen molar-refractivity contribution < 1.29 is 4.39 Å². The molecule has 1 heterocycles. The molecule has 0 saturated carbocycles. The van der Waals surface area contributed by atoms with E-state index in [9.17, 15) is 9.18 Å². The molecule has 0 aliphatic carbocycles. The van der Waals surface area contributed by atoms with Gasteiger partial charge >= 0.3 is 0 Å². The fourth-order valence-corrected chi connectivity index (χ4v) is 2.67. The minimum Gasteiger partial charge on any atom is -0.306 e. The number of aryl methyl sites for hydroxylation is 1. The van der Waals surface area contributed by atoms with Crippen LogP contribution >= 0.6 is 22.6 Å². The van der Waals surface area contributed by atoms with Crippen molar-refractivity contribution in [3.8, 4) is 11.4 Å². The summed E-state index contributed by atoms with van der Waals surface area (Å²) in [5.41, 5.74) is 1.86. The minimum absolute atomic E-state index is 0.156. The van der Waals surface area contributed by atoms with E-state index >= 15 is 0 Å². The van der Waals surface area contributed by atoms with Gasteiger partial charge in [0, 0.05) is 5.56 Å². The summed E-state index contributed by atoms with van der Waals surface area (Å²) in [6.07, 6.45) is 0. The van der Waals surface area contributed by atoms with Crippen LogP contribution in [0.1, 0.15) is 31.0 Å². The third kappa shape index (κ3) is 2.86. The number of rotatable bonds is 2. The van der Waals surface area contributed by atoms with Crippen LogP contribution in [-0.2, 0) is 0 Å². The summed E-state index contributed by atoms with van der Waals surface area (Å²) in [6.45, 7) is 5.67. The number of nitrogens with one attached hydrogen (secondary N) is 1. The first kappa shape index (κ1) is 14.2. The number of aromatic amines is 1. The van der Waals surface area contributed by atoms with E-state index in [-0.39, 0.29) is 17.3 Å². The molecule has 0 aliphatic heterocycles. The molecular formula is C14H14FIN2O. The normalized spacial score (nSPS) is 11.1. The largest absolute Gasteiger partial charge is 0.306 e. The van der Waals surface area contributed by atoms with Gasteiger partial charge in [0.25, 0.3) is 5.56 Å². The molecule has 1 N–H and O–H groups in total. The van der Waals surface area contributed by atoms with Gasteiger partial charge in [-0.25, -0.2) is 9.37 Å². The Hall–Kier alpha value is -1.24. The lowest BCUT2D eigenvalue weighted by Gasteiger charge is -2.10. The Bertz CT molecular complexity index is 680. The number of hydrogen-bond donors (Lipinski definition) is 1. The second-order valence-corrected chi connectivity index (χ2v) is 5.81. The SMILES string of the molecule is Cc1cc(-c2nc(C(C)C)c(I)c(=O)[nH]2)ccc1F. The number of halogens is 2. The fourth-order valence-electron chi connectivity index (χ4n) is 1.79. The van der Waals surface area contributed by atoms with Crippen molar-refractivity contribution in [2.24, 2.45) is 0 Å². The molecule has 19 heavy (non-hydrogen) atoms. The molecule has 0 amide bonds. The van der Waals surface area contributed by atoms with E-state index in [0.29, 0.717) is 20.5 Å². The van der Waals surface area contributed by atoms with E-state index in [1.807, 2.05) is 36.4 Å². The smallest absolute Gasteiger partial charge is 0.264 e. The molecule has 0 unspecified atom stereocenters. The molecule has 1 aromatic heterocycles. The third-order valence-corrected chi connectivity index (χ3v) is 3.91. The van der Waals surface area contributed by atoms with Gasteiger partial charge in [0.05, 0.1) is 9.26 Å². The van der Waals surface area contributed by atoms with Crippen molar-refractivity contribution in [3.63, 3.8) is 0 Å². The van der Waals surface area contributed by atoms with Crippen LogP contribution < -0.4 is 5.56 Å². The van der Waals surface area contributed by atoms with Gasteiger partial charge in [-0.15, -0.1) is 0 Å². The Balaban J connectivity index is 2.63. The molecule has 3 nitrogen and oxygen atoms in total. The van der Waals surface area contributed by atoms with Crippen molar-refractivity contribution in [1.29, 1.82) is 0 Å². The first-order valence-corrected chi connectivity index (χ1v) is 7.04. The van der Waals surface area contributed by atoms with Crippen molar-refractivity contribution in [2.45, 2.75) is 26.7 Å². The van der Waals surface area contributed by atoms with Crippen LogP contribution in [0.25, 0.3) is 11.4 Å². The summed E-state index contributed by atoms with van der Waals surface area (Å²) in [7, 11) is 0. The zero-order chi connectivity index (χ0) is 14.2. The Morgan fingerprint density at radius 3 is 2.63 bits per heavy atom. The summed E-state index contributed by atoms with van der Waals surface area (Å²) in [6, 6.07) is 4.69. The molecule has 0 saturated heterocycles. The second kappa shape index (κ2) is 5.40. The van der Waals surface area contributed by atoms with Gasteiger partial charge in [-0.3, -0.25) is 4.79 Å². The molecule has 0 radical (unpaired) electrons. The Labute approximate surface area is 124 Å². The zero-order valence-electron chi connectivity index (χ0n) is 10.9. The van der Waals surface area contributed by atoms with Gasteiger partial charge in [-0.05, 0) is 59.2 Å². The van der Waals surface area contributed by atoms with E-state index in [4.69, 9.17) is 0 Å². The molecule has 2 aromatic rings. The van der Waals surface area contributed by atoms with Gasteiger partial charge in [-0.1, -0.05) is 13.8 Å². The average molecular weight is 372 g/mol. The number of benzene rings is 1. The standard InChI is InChI=1S/C14H14FIN2O/c1-7(2)12-11(16)14(19)18-13(17-12)9-4-5-10(15)8(3)6-9/h4-7H,1-3H3,(H,17,18,19). The van der Waals surface area contributed by atoms with Crippen LogP contribution in [0.5, 0.6) is 0 Å². The quantitative estimate of drug-likeness (QED) is 0.819. The van der Waals surface area contributed by atoms with Gasteiger partial charge in [0.15, 0.2) is 0 Å². The summed E-state index contributed by atoms with van der Waals surface area (Å²) < 4.78 is 13.9. The molecule has 100 valence electrons. The highest BCUT2D eigenvalue weighted by Crippen LogP contribution is 2.21. The lowest BCUT2D eigenvalue weighted by atomic mass is 10.1. The van der Waals surface area contributed by atoms with E-state index < -0.39 is 0 Å². The topological polar surface area (TPSA) is 45.8 Å². The Morgan fingerprint density at radius 2 is 2.05 bits per heavy atom. The molecule has 0 aliphatic rings. The van der Waals surface area contributed by atoms with E-state index in [2.05, 4.69) is 9.97 Å². The second-order valence-electron chi connectivity index (χ2n) is 4.73. The van der Waals surface area contributed by atoms with Gasteiger partial charge in [-0.2, -0.15) is 0 Å². The van der Waals surface area contributed by atoms with Crippen LogP contribution in [0.2, 0.25) is 0 Å². The van der Waals surface area contributed by atoms with Crippen molar-refractivity contribution in [2.75, 3.05) is 0 Å². The van der Waals surface area contributed by atoms with Crippen molar-refractivity contribution >= 4 is 22.6 Å². The van der Waals surface area contributed by atoms with Gasteiger partial charge < -0.3 is 4.98 Å². The Morgan fingerprint density at radius 1 is 1.37 bits per heavy atom. The molecular weight excluding hydrogens is 358 g/mol. The predicted octanol–water partition coefficient (Wildman–Crippen LogP) is 3.61. The van der Waals surface area contributed by atoms with Crippen LogP contribution in [0.15, 0.2) is 23.0 Å². The van der Waals surface area contributed by atoms with Crippen molar-refractivity contribution in [1.82, 2.24) is 9.97 Å². The summed E-state index contributed by atoms with van der Waals surface area (Å²) in [5, 5.41) is 0. The van der Waals surface area contributed by atoms with Gasteiger partial charge in [0.1, 0.15) is 11.6 Å². The monoisotopic (exact) mass is 372 g/mol. The van der Waals surface area contributed by atoms with E-state index in [1.54, 1.807) is 19.1 Å². The number of hydrogen-bond acceptors (Lipinski definition) is 2. The average Bonchev–Trinajstić information content (AvgIpc) is 2.35. The highest BCUT2D eigenvalue weighted by molar-refractivity contribution is 14.1. The third-order valence-electron chi connectivity index (χ3n) is 2.87. The van der Waals surface area contributed by atoms with Crippen LogP contribution in [-0.4, -0.2) is 9.97 Å². The highest BCUT2D eigenvalue weighted by atomic mass is 127. The summed E-state index contributed by atoms with van der Waals surface area (Å²) in [4.78, 5) is 19.1. The van der Waals surface area contributed by atoms with Crippen LogP contribution in [0, 0.1) is 16.3 Å². The molecule has 0 atom stereocenters. The van der Waals surface area contributed by atoms with Crippen LogP contribution in [0.4, 0.5) is 4.39 Å². The minimum atomic E-state index is -0.263. The maximum atomic E-state index is 13.3. The van der Waals surface area contributed by atoms with E-state index in [1.165, 1.54) is 6.07 Å². The molecule has 0 bridgehead atoms. The first-order valence-electron chi connectivity index (χ1n) is 5.96. The fraction of sp³-hybridized carbons (Fsp3) is 0.286. The predicted molar refractivity (Wildman–Crippen MR) is 81.8 cm³/mol. The molecule has 2 rings (SSSR count). The zero-order valence-corrected chi connectivity index (χ0v) is 13.1. The first-order chi connectivity index (χ1) is 8.90. The molecule has 0 spiro atoms. The summed E-state index contributed by atoms with van der Waals surface area (Å²) >= 11 is 2.00. The molecule has 0 fully saturated rings.